The van der Waals surface area contributed by atoms with Crippen LogP contribution in [-0.4, -0.2) is 26.2 Å². The molecule has 6 heteroatoms. The molecular formula is C28H24Cl2N4. The number of aromatic amines is 1. The molecule has 6 rings (SSSR count). The van der Waals surface area contributed by atoms with Crippen LogP contribution in [0.15, 0.2) is 72.9 Å². The van der Waals surface area contributed by atoms with Crippen molar-refractivity contribution in [1.82, 2.24) is 19.7 Å². The van der Waals surface area contributed by atoms with Gasteiger partial charge in [-0.2, -0.15) is 5.10 Å². The third-order valence-corrected chi connectivity index (χ3v) is 7.35. The highest BCUT2D eigenvalue weighted by Crippen LogP contribution is 2.38. The van der Waals surface area contributed by atoms with Gasteiger partial charge in [0.25, 0.3) is 0 Å². The van der Waals surface area contributed by atoms with Gasteiger partial charge in [0.15, 0.2) is 0 Å². The van der Waals surface area contributed by atoms with Gasteiger partial charge in [-0.25, -0.2) is 4.68 Å². The van der Waals surface area contributed by atoms with Gasteiger partial charge in [0.1, 0.15) is 5.69 Å². The van der Waals surface area contributed by atoms with Crippen LogP contribution in [0.2, 0.25) is 10.0 Å². The lowest BCUT2D eigenvalue weighted by atomic mass is 9.99. The van der Waals surface area contributed by atoms with Crippen LogP contribution in [-0.2, 0) is 19.5 Å². The zero-order valence-electron chi connectivity index (χ0n) is 18.9. The number of nitrogens with zero attached hydrogens (tertiary/aromatic N) is 3. The maximum absolute atomic E-state index is 6.66. The minimum Gasteiger partial charge on any atom is -0.361 e. The summed E-state index contributed by atoms with van der Waals surface area (Å²) in [4.78, 5) is 5.79. The minimum absolute atomic E-state index is 0.591. The molecule has 0 radical (unpaired) electrons. The first-order chi connectivity index (χ1) is 16.6. The molecule has 0 fully saturated rings. The molecule has 0 aliphatic carbocycles. The van der Waals surface area contributed by atoms with Crippen LogP contribution in [0.4, 0.5) is 0 Å². The van der Waals surface area contributed by atoms with Gasteiger partial charge in [-0.1, -0.05) is 59.6 Å². The molecule has 2 aromatic heterocycles. The Labute approximate surface area is 208 Å². The van der Waals surface area contributed by atoms with Crippen molar-refractivity contribution < 1.29 is 0 Å². The van der Waals surface area contributed by atoms with E-state index in [9.17, 15) is 0 Å². The summed E-state index contributed by atoms with van der Waals surface area (Å²) < 4.78 is 1.96. The molecule has 3 aromatic carbocycles. The molecule has 1 N–H and O–H groups in total. The number of para-hydroxylation sites is 1. The Morgan fingerprint density at radius 2 is 1.79 bits per heavy atom. The summed E-state index contributed by atoms with van der Waals surface area (Å²) in [7, 11) is 0. The number of nitrogens with one attached hydrogen (secondary N) is 1. The van der Waals surface area contributed by atoms with Crippen molar-refractivity contribution >= 4 is 34.1 Å². The Morgan fingerprint density at radius 1 is 0.971 bits per heavy atom. The van der Waals surface area contributed by atoms with Crippen LogP contribution in [0.25, 0.3) is 27.8 Å². The largest absolute Gasteiger partial charge is 0.361 e. The molecule has 0 amide bonds. The maximum atomic E-state index is 6.66. The molecule has 170 valence electrons. The predicted molar refractivity (Wildman–Crippen MR) is 140 cm³/mol. The first kappa shape index (κ1) is 21.5. The molecule has 0 spiro atoms. The van der Waals surface area contributed by atoms with E-state index in [2.05, 4.69) is 65.3 Å². The molecule has 0 saturated heterocycles. The van der Waals surface area contributed by atoms with Crippen LogP contribution < -0.4 is 0 Å². The number of H-pyrrole nitrogens is 1. The van der Waals surface area contributed by atoms with Gasteiger partial charge in [0.2, 0.25) is 0 Å². The van der Waals surface area contributed by atoms with Crippen molar-refractivity contribution in [2.75, 3.05) is 6.54 Å². The lowest BCUT2D eigenvalue weighted by Gasteiger charge is -2.27. The fraction of sp³-hybridized carbons (Fsp3) is 0.179. The average Bonchev–Trinajstić information content (AvgIpc) is 3.44. The maximum Gasteiger partial charge on any atom is 0.102 e. The molecule has 0 unspecified atom stereocenters. The number of fused-ring (bicyclic) bond motifs is 2. The smallest absolute Gasteiger partial charge is 0.102 e. The number of hydrogen-bond donors (Lipinski definition) is 1. The van der Waals surface area contributed by atoms with Crippen LogP contribution >= 0.6 is 23.2 Å². The van der Waals surface area contributed by atoms with Crippen molar-refractivity contribution in [2.24, 2.45) is 0 Å². The second kappa shape index (κ2) is 8.62. The van der Waals surface area contributed by atoms with Crippen LogP contribution in [0.1, 0.15) is 22.4 Å². The Balaban J connectivity index is 1.49. The predicted octanol–water partition coefficient (Wildman–Crippen LogP) is 7.19. The van der Waals surface area contributed by atoms with Gasteiger partial charge in [0, 0.05) is 54.3 Å². The fourth-order valence-corrected chi connectivity index (χ4v) is 5.50. The summed E-state index contributed by atoms with van der Waals surface area (Å²) in [6, 6.07) is 22.8. The number of rotatable bonds is 4. The number of halogens is 2. The van der Waals surface area contributed by atoms with Crippen molar-refractivity contribution in [2.45, 2.75) is 26.4 Å². The van der Waals surface area contributed by atoms with Crippen LogP contribution in [0, 0.1) is 6.92 Å². The number of aromatic nitrogens is 3. The molecule has 0 atom stereocenters. The van der Waals surface area contributed by atoms with Crippen molar-refractivity contribution in [3.8, 4) is 16.9 Å². The molecule has 3 heterocycles. The normalized spacial score (nSPS) is 14.0. The molecule has 0 saturated carbocycles. The molecular weight excluding hydrogens is 463 g/mol. The van der Waals surface area contributed by atoms with Crippen molar-refractivity contribution in [1.29, 1.82) is 0 Å². The number of benzene rings is 3. The van der Waals surface area contributed by atoms with Gasteiger partial charge in [0.05, 0.1) is 21.4 Å². The van der Waals surface area contributed by atoms with Gasteiger partial charge >= 0.3 is 0 Å². The summed E-state index contributed by atoms with van der Waals surface area (Å²) in [5, 5.41) is 7.40. The monoisotopic (exact) mass is 486 g/mol. The molecule has 4 nitrogen and oxygen atoms in total. The van der Waals surface area contributed by atoms with E-state index in [4.69, 9.17) is 28.3 Å². The molecule has 1 aliphatic rings. The molecule has 0 bridgehead atoms. The van der Waals surface area contributed by atoms with Crippen LogP contribution in [0.3, 0.4) is 0 Å². The number of hydrogen-bond acceptors (Lipinski definition) is 2. The summed E-state index contributed by atoms with van der Waals surface area (Å²) in [5.74, 6) is 0. The van der Waals surface area contributed by atoms with E-state index in [0.717, 1.165) is 59.6 Å². The summed E-state index contributed by atoms with van der Waals surface area (Å²) in [6.07, 6.45) is 2.85. The lowest BCUT2D eigenvalue weighted by molar-refractivity contribution is 0.244. The molecule has 34 heavy (non-hydrogen) atoms. The Morgan fingerprint density at radius 3 is 2.62 bits per heavy atom. The minimum atomic E-state index is 0.591. The second-order valence-electron chi connectivity index (χ2n) is 8.92. The Hall–Kier alpha value is -3.05. The average molecular weight is 487 g/mol. The second-order valence-corrected chi connectivity index (χ2v) is 9.74. The number of aryl methyl sites for hydroxylation is 1. The highest BCUT2D eigenvalue weighted by Gasteiger charge is 2.28. The standard InChI is InChI=1S/C28H24Cl2N4/c1-18-5-2-3-6-21(18)16-33-14-12-26-22(17-33)27(20-9-10-25-19(15-20)11-13-31-25)34(32-26)28-23(29)7-4-8-24(28)30/h2-11,13,15,31H,12,14,16-17H2,1H3. The van der Waals surface area contributed by atoms with Gasteiger partial charge in [-0.05, 0) is 48.4 Å². The molecule has 5 aromatic rings. The zero-order chi connectivity index (χ0) is 23.2. The van der Waals surface area contributed by atoms with Gasteiger partial charge in [-0.15, -0.1) is 0 Å². The van der Waals surface area contributed by atoms with E-state index in [0.29, 0.717) is 10.0 Å². The van der Waals surface area contributed by atoms with E-state index in [1.54, 1.807) is 0 Å². The Bertz CT molecular complexity index is 1490. The fourth-order valence-electron chi connectivity index (χ4n) is 4.94. The Kier molecular flexibility index (Phi) is 5.45. The first-order valence-corrected chi connectivity index (χ1v) is 12.2. The summed E-state index contributed by atoms with van der Waals surface area (Å²) in [5.41, 5.74) is 9.05. The molecule has 1 aliphatic heterocycles. The van der Waals surface area contributed by atoms with E-state index >= 15 is 0 Å². The quantitative estimate of drug-likeness (QED) is 0.291. The van der Waals surface area contributed by atoms with Crippen LogP contribution in [0.5, 0.6) is 0 Å². The van der Waals surface area contributed by atoms with Gasteiger partial charge in [-0.3, -0.25) is 4.90 Å². The topological polar surface area (TPSA) is 36.9 Å². The third kappa shape index (κ3) is 3.72. The summed E-state index contributed by atoms with van der Waals surface area (Å²) in [6.45, 7) is 4.89. The SMILES string of the molecule is Cc1ccccc1CN1CCc2nn(-c3c(Cl)cccc3Cl)c(-c3ccc4[nH]ccc4c3)c2C1. The van der Waals surface area contributed by atoms with Gasteiger partial charge < -0.3 is 4.98 Å². The van der Waals surface area contributed by atoms with E-state index in [1.165, 1.54) is 16.7 Å². The highest BCUT2D eigenvalue weighted by atomic mass is 35.5. The first-order valence-electron chi connectivity index (χ1n) is 11.5. The zero-order valence-corrected chi connectivity index (χ0v) is 20.4. The lowest BCUT2D eigenvalue weighted by Crippen LogP contribution is -2.30. The highest BCUT2D eigenvalue weighted by molar-refractivity contribution is 6.37. The van der Waals surface area contributed by atoms with E-state index in [1.807, 2.05) is 29.1 Å². The van der Waals surface area contributed by atoms with Crippen molar-refractivity contribution in [3.05, 3.63) is 105 Å². The summed E-state index contributed by atoms with van der Waals surface area (Å²) >= 11 is 13.3. The third-order valence-electron chi connectivity index (χ3n) is 6.74. The van der Waals surface area contributed by atoms with E-state index < -0.39 is 0 Å². The van der Waals surface area contributed by atoms with Crippen molar-refractivity contribution in [3.63, 3.8) is 0 Å². The van der Waals surface area contributed by atoms with E-state index in [-0.39, 0.29) is 0 Å².